The lowest BCUT2D eigenvalue weighted by Gasteiger charge is -2.00. The molecule has 0 saturated heterocycles. The molecule has 0 spiro atoms. The van der Waals surface area contributed by atoms with Crippen LogP contribution in [0.4, 0.5) is 0 Å². The van der Waals surface area contributed by atoms with Crippen molar-refractivity contribution in [3.63, 3.8) is 0 Å². The highest BCUT2D eigenvalue weighted by Crippen LogP contribution is 2.27. The molecular weight excluding hydrogens is 280 g/mol. The quantitative estimate of drug-likeness (QED) is 0.668. The minimum absolute atomic E-state index is 0.183. The average molecular weight is 285 g/mol. The second-order valence-corrected chi connectivity index (χ2v) is 4.35. The lowest BCUT2D eigenvalue weighted by atomic mass is 10.7. The van der Waals surface area contributed by atoms with Crippen LogP contribution in [0.5, 0.6) is 0 Å². The van der Waals surface area contributed by atoms with Gasteiger partial charge in [-0.15, -0.1) is 0 Å². The summed E-state index contributed by atoms with van der Waals surface area (Å²) in [6.07, 6.45) is 4.53. The van der Waals surface area contributed by atoms with E-state index < -0.39 is 0 Å². The molecule has 5 nitrogen and oxygen atoms in total. The fraction of sp³-hybridized carbons (Fsp3) is 0. The topological polar surface area (TPSA) is 71.5 Å². The van der Waals surface area contributed by atoms with Crippen molar-refractivity contribution >= 4 is 27.7 Å². The van der Waals surface area contributed by atoms with Crippen molar-refractivity contribution in [1.29, 1.82) is 0 Å². The number of aromatic nitrogens is 4. The number of halogens is 1. The van der Waals surface area contributed by atoms with Crippen molar-refractivity contribution in [1.82, 2.24) is 19.9 Å². The molecule has 0 amide bonds. The maximum absolute atomic E-state index is 11.0. The molecule has 2 aromatic rings. The Morgan fingerprint density at radius 3 is 3.00 bits per heavy atom. The summed E-state index contributed by atoms with van der Waals surface area (Å²) in [6, 6.07) is 1.36. The first-order chi connectivity index (χ1) is 7.25. The van der Waals surface area contributed by atoms with Crippen molar-refractivity contribution in [2.45, 2.75) is 10.2 Å². The van der Waals surface area contributed by atoms with Gasteiger partial charge >= 0.3 is 0 Å². The average Bonchev–Trinajstić information content (AvgIpc) is 2.22. The van der Waals surface area contributed by atoms with Gasteiger partial charge in [0.05, 0.1) is 4.47 Å². The van der Waals surface area contributed by atoms with Crippen LogP contribution in [0.2, 0.25) is 0 Å². The van der Waals surface area contributed by atoms with Gasteiger partial charge in [0.1, 0.15) is 11.4 Å². The molecule has 0 aliphatic heterocycles. The third kappa shape index (κ3) is 2.63. The molecule has 15 heavy (non-hydrogen) atoms. The zero-order chi connectivity index (χ0) is 10.7. The normalized spacial score (nSPS) is 10.2. The molecule has 0 saturated carbocycles. The highest BCUT2D eigenvalue weighted by molar-refractivity contribution is 9.10. The molecular formula is C8H5BrN4OS. The summed E-state index contributed by atoms with van der Waals surface area (Å²) >= 11 is 4.57. The van der Waals surface area contributed by atoms with Crippen LogP contribution in [0.25, 0.3) is 0 Å². The number of rotatable bonds is 2. The van der Waals surface area contributed by atoms with E-state index in [0.29, 0.717) is 10.2 Å². The van der Waals surface area contributed by atoms with Gasteiger partial charge in [0, 0.05) is 18.5 Å². The van der Waals surface area contributed by atoms with Crippen LogP contribution in [-0.2, 0) is 0 Å². The van der Waals surface area contributed by atoms with Gasteiger partial charge in [0.25, 0.3) is 5.56 Å². The number of H-pyrrole nitrogens is 1. The van der Waals surface area contributed by atoms with Crippen LogP contribution in [0.15, 0.2) is 44.2 Å². The second-order valence-electron chi connectivity index (χ2n) is 2.52. The van der Waals surface area contributed by atoms with Crippen LogP contribution in [0.3, 0.4) is 0 Å². The van der Waals surface area contributed by atoms with Crippen molar-refractivity contribution in [3.8, 4) is 0 Å². The van der Waals surface area contributed by atoms with E-state index in [0.717, 1.165) is 4.47 Å². The van der Waals surface area contributed by atoms with Crippen molar-refractivity contribution in [2.24, 2.45) is 0 Å². The molecule has 2 aromatic heterocycles. The summed E-state index contributed by atoms with van der Waals surface area (Å²) in [5, 5.41) is 1.21. The zero-order valence-corrected chi connectivity index (χ0v) is 9.75. The smallest absolute Gasteiger partial charge is 0.251 e. The maximum atomic E-state index is 11.0. The third-order valence-electron chi connectivity index (χ3n) is 1.48. The van der Waals surface area contributed by atoms with Crippen LogP contribution in [0.1, 0.15) is 0 Å². The first-order valence-electron chi connectivity index (χ1n) is 3.94. The number of aromatic amines is 1. The molecule has 0 radical (unpaired) electrons. The van der Waals surface area contributed by atoms with E-state index in [9.17, 15) is 4.79 Å². The van der Waals surface area contributed by atoms with Crippen LogP contribution >= 0.6 is 27.7 Å². The van der Waals surface area contributed by atoms with Gasteiger partial charge < -0.3 is 4.98 Å². The Morgan fingerprint density at radius 2 is 2.27 bits per heavy atom. The minimum atomic E-state index is -0.183. The van der Waals surface area contributed by atoms with E-state index in [1.807, 2.05) is 0 Å². The Bertz CT molecular complexity index is 530. The van der Waals surface area contributed by atoms with E-state index in [-0.39, 0.29) is 5.56 Å². The zero-order valence-electron chi connectivity index (χ0n) is 7.35. The van der Waals surface area contributed by atoms with Gasteiger partial charge in [-0.25, -0.2) is 15.0 Å². The molecule has 0 aliphatic carbocycles. The van der Waals surface area contributed by atoms with Gasteiger partial charge in [0.15, 0.2) is 5.16 Å². The van der Waals surface area contributed by atoms with E-state index in [4.69, 9.17) is 0 Å². The summed E-state index contributed by atoms with van der Waals surface area (Å²) < 4.78 is 0.765. The van der Waals surface area contributed by atoms with E-state index in [1.54, 1.807) is 6.20 Å². The van der Waals surface area contributed by atoms with E-state index in [1.165, 1.54) is 30.4 Å². The summed E-state index contributed by atoms with van der Waals surface area (Å²) in [4.78, 5) is 25.5. The first kappa shape index (κ1) is 10.3. The Balaban J connectivity index is 2.30. The Morgan fingerprint density at radius 1 is 1.40 bits per heavy atom. The predicted molar refractivity (Wildman–Crippen MR) is 58.7 cm³/mol. The SMILES string of the molecule is O=c1ccnc(Sc2ncncc2Br)[nH]1. The first-order valence-corrected chi connectivity index (χ1v) is 5.55. The van der Waals surface area contributed by atoms with Gasteiger partial charge in [0.2, 0.25) is 0 Å². The summed E-state index contributed by atoms with van der Waals surface area (Å²) in [7, 11) is 0. The number of nitrogens with one attached hydrogen (secondary N) is 1. The van der Waals surface area contributed by atoms with Crippen LogP contribution in [0, 0.1) is 0 Å². The molecule has 76 valence electrons. The van der Waals surface area contributed by atoms with Crippen molar-refractivity contribution < 1.29 is 0 Å². The molecule has 7 heteroatoms. The summed E-state index contributed by atoms with van der Waals surface area (Å²) in [6.45, 7) is 0. The van der Waals surface area contributed by atoms with Gasteiger partial charge in [-0.05, 0) is 27.7 Å². The lowest BCUT2D eigenvalue weighted by molar-refractivity contribution is 0.926. The fourth-order valence-electron chi connectivity index (χ4n) is 0.872. The summed E-state index contributed by atoms with van der Waals surface area (Å²) in [5.41, 5.74) is -0.183. The molecule has 0 fully saturated rings. The summed E-state index contributed by atoms with van der Waals surface area (Å²) in [5.74, 6) is 0. The molecule has 2 heterocycles. The molecule has 0 unspecified atom stereocenters. The molecule has 1 N–H and O–H groups in total. The molecule has 0 aliphatic rings. The fourth-order valence-corrected chi connectivity index (χ4v) is 2.03. The molecule has 0 bridgehead atoms. The Labute approximate surface area is 97.5 Å². The largest absolute Gasteiger partial charge is 0.301 e. The standard InChI is InChI=1S/C8H5BrN4OS/c9-5-3-10-4-12-7(5)15-8-11-2-1-6(14)13-8/h1-4H,(H,11,13,14). The van der Waals surface area contributed by atoms with Gasteiger partial charge in [-0.3, -0.25) is 4.79 Å². The van der Waals surface area contributed by atoms with Crippen LogP contribution in [-0.4, -0.2) is 19.9 Å². The third-order valence-corrected chi connectivity index (χ3v) is 3.24. The molecule has 0 aromatic carbocycles. The van der Waals surface area contributed by atoms with E-state index >= 15 is 0 Å². The Hall–Kier alpha value is -1.21. The second kappa shape index (κ2) is 4.54. The van der Waals surface area contributed by atoms with Gasteiger partial charge in [-0.2, -0.15) is 0 Å². The predicted octanol–water partition coefficient (Wildman–Crippen LogP) is 1.47. The highest BCUT2D eigenvalue weighted by atomic mass is 79.9. The number of hydrogen-bond donors (Lipinski definition) is 1. The maximum Gasteiger partial charge on any atom is 0.251 e. The molecule has 2 rings (SSSR count). The minimum Gasteiger partial charge on any atom is -0.301 e. The van der Waals surface area contributed by atoms with Crippen LogP contribution < -0.4 is 5.56 Å². The lowest BCUT2D eigenvalue weighted by Crippen LogP contribution is -2.05. The van der Waals surface area contributed by atoms with Crippen molar-refractivity contribution in [2.75, 3.05) is 0 Å². The monoisotopic (exact) mass is 284 g/mol. The molecule has 0 atom stereocenters. The van der Waals surface area contributed by atoms with Gasteiger partial charge in [-0.1, -0.05) is 0 Å². The van der Waals surface area contributed by atoms with E-state index in [2.05, 4.69) is 35.9 Å². The van der Waals surface area contributed by atoms with Crippen molar-refractivity contribution in [3.05, 3.63) is 39.6 Å². The Kier molecular flexibility index (Phi) is 3.12. The number of hydrogen-bond acceptors (Lipinski definition) is 5. The highest BCUT2D eigenvalue weighted by Gasteiger charge is 2.04. The number of nitrogens with zero attached hydrogens (tertiary/aromatic N) is 3.